The molecule has 2 saturated heterocycles. The number of nitrogens with one attached hydrogen (secondary N) is 2. The Kier molecular flexibility index (Phi) is 3.14. The second-order valence-electron chi connectivity index (χ2n) is 4.67. The smallest absolute Gasteiger partial charge is 0.245 e. The Morgan fingerprint density at radius 3 is 2.81 bits per heavy atom. The molecule has 5 heteroatoms. The summed E-state index contributed by atoms with van der Waals surface area (Å²) in [5.74, 6) is 0.0703. The van der Waals surface area contributed by atoms with Crippen molar-refractivity contribution < 1.29 is 9.59 Å². The minimum Gasteiger partial charge on any atom is -0.344 e. The highest BCUT2D eigenvalue weighted by molar-refractivity contribution is 5.91. The Balaban J connectivity index is 2.00. The molecular formula is C11H19N3O2. The van der Waals surface area contributed by atoms with Gasteiger partial charge in [-0.2, -0.15) is 0 Å². The highest BCUT2D eigenvalue weighted by Gasteiger charge is 2.35. The normalized spacial score (nSPS) is 35.0. The summed E-state index contributed by atoms with van der Waals surface area (Å²) >= 11 is 0. The number of rotatable bonds is 1. The summed E-state index contributed by atoms with van der Waals surface area (Å²) in [6.07, 6.45) is 1.12. The third-order valence-corrected chi connectivity index (χ3v) is 3.61. The first-order chi connectivity index (χ1) is 7.59. The number of carbonyl (C=O) groups is 2. The monoisotopic (exact) mass is 225 g/mol. The molecule has 90 valence electrons. The van der Waals surface area contributed by atoms with Gasteiger partial charge in [0, 0.05) is 31.6 Å². The van der Waals surface area contributed by atoms with Gasteiger partial charge in [-0.25, -0.2) is 0 Å². The fourth-order valence-electron chi connectivity index (χ4n) is 2.37. The van der Waals surface area contributed by atoms with E-state index in [1.54, 1.807) is 0 Å². The lowest BCUT2D eigenvalue weighted by atomic mass is 10.1. The van der Waals surface area contributed by atoms with E-state index >= 15 is 0 Å². The lowest BCUT2D eigenvalue weighted by Gasteiger charge is -2.39. The topological polar surface area (TPSA) is 61.4 Å². The van der Waals surface area contributed by atoms with Crippen LogP contribution in [0.3, 0.4) is 0 Å². The zero-order valence-corrected chi connectivity index (χ0v) is 9.82. The number of hydrogen-bond donors (Lipinski definition) is 2. The molecule has 2 rings (SSSR count). The fraction of sp³-hybridized carbons (Fsp3) is 0.818. The van der Waals surface area contributed by atoms with Gasteiger partial charge in [0.05, 0.1) is 0 Å². The highest BCUT2D eigenvalue weighted by atomic mass is 16.2. The molecule has 2 heterocycles. The maximum Gasteiger partial charge on any atom is 0.245 e. The van der Waals surface area contributed by atoms with Crippen molar-refractivity contribution in [3.63, 3.8) is 0 Å². The van der Waals surface area contributed by atoms with Crippen molar-refractivity contribution >= 4 is 11.8 Å². The SMILES string of the molecule is CC1NCCN(C(=O)C2CCC(=O)N2)C1C. The second kappa shape index (κ2) is 4.41. The lowest BCUT2D eigenvalue weighted by molar-refractivity contribution is -0.137. The van der Waals surface area contributed by atoms with E-state index in [2.05, 4.69) is 17.6 Å². The molecule has 0 aromatic heterocycles. The molecule has 0 aromatic carbocycles. The van der Waals surface area contributed by atoms with Crippen LogP contribution in [0.4, 0.5) is 0 Å². The molecule has 0 aromatic rings. The Bertz CT molecular complexity index is 306. The van der Waals surface area contributed by atoms with E-state index in [4.69, 9.17) is 0 Å². The van der Waals surface area contributed by atoms with Crippen molar-refractivity contribution in [1.82, 2.24) is 15.5 Å². The minimum atomic E-state index is -0.291. The summed E-state index contributed by atoms with van der Waals surface area (Å²) in [6, 6.07) is 0.216. The van der Waals surface area contributed by atoms with Gasteiger partial charge < -0.3 is 15.5 Å². The quantitative estimate of drug-likeness (QED) is 0.631. The zero-order valence-electron chi connectivity index (χ0n) is 9.82. The molecule has 0 radical (unpaired) electrons. The van der Waals surface area contributed by atoms with Crippen LogP contribution in [0.25, 0.3) is 0 Å². The summed E-state index contributed by atoms with van der Waals surface area (Å²) in [5.41, 5.74) is 0. The molecule has 0 spiro atoms. The van der Waals surface area contributed by atoms with Gasteiger partial charge in [-0.05, 0) is 20.3 Å². The van der Waals surface area contributed by atoms with Gasteiger partial charge in [0.15, 0.2) is 0 Å². The Morgan fingerprint density at radius 2 is 2.19 bits per heavy atom. The van der Waals surface area contributed by atoms with E-state index in [1.165, 1.54) is 0 Å². The van der Waals surface area contributed by atoms with Crippen molar-refractivity contribution in [2.24, 2.45) is 0 Å². The molecule has 2 N–H and O–H groups in total. The van der Waals surface area contributed by atoms with E-state index in [9.17, 15) is 9.59 Å². The molecule has 5 nitrogen and oxygen atoms in total. The maximum absolute atomic E-state index is 12.2. The second-order valence-corrected chi connectivity index (χ2v) is 4.67. The minimum absolute atomic E-state index is 0.00538. The molecule has 0 saturated carbocycles. The third kappa shape index (κ3) is 2.04. The number of carbonyl (C=O) groups excluding carboxylic acids is 2. The Labute approximate surface area is 95.6 Å². The highest BCUT2D eigenvalue weighted by Crippen LogP contribution is 2.15. The van der Waals surface area contributed by atoms with Crippen LogP contribution in [0, 0.1) is 0 Å². The first-order valence-electron chi connectivity index (χ1n) is 5.93. The largest absolute Gasteiger partial charge is 0.344 e. The summed E-state index contributed by atoms with van der Waals surface area (Å²) < 4.78 is 0. The van der Waals surface area contributed by atoms with E-state index < -0.39 is 0 Å². The molecule has 0 bridgehead atoms. The molecule has 3 atom stereocenters. The van der Waals surface area contributed by atoms with Gasteiger partial charge in [0.1, 0.15) is 6.04 Å². The van der Waals surface area contributed by atoms with Gasteiger partial charge in [0.25, 0.3) is 0 Å². The van der Waals surface area contributed by atoms with E-state index in [1.807, 2.05) is 11.8 Å². The summed E-state index contributed by atoms with van der Waals surface area (Å²) in [5, 5.41) is 6.07. The molecule has 0 aliphatic carbocycles. The standard InChI is InChI=1S/C11H19N3O2/c1-7-8(2)14(6-5-12-7)11(16)9-3-4-10(15)13-9/h7-9,12H,3-6H2,1-2H3,(H,13,15). The number of piperazine rings is 1. The average Bonchev–Trinajstić information content (AvgIpc) is 2.68. The lowest BCUT2D eigenvalue weighted by Crippen LogP contribution is -2.60. The average molecular weight is 225 g/mol. The van der Waals surface area contributed by atoms with Crippen molar-refractivity contribution in [1.29, 1.82) is 0 Å². The number of amides is 2. The third-order valence-electron chi connectivity index (χ3n) is 3.61. The van der Waals surface area contributed by atoms with Gasteiger partial charge in [-0.1, -0.05) is 0 Å². The predicted molar refractivity (Wildman–Crippen MR) is 59.8 cm³/mol. The maximum atomic E-state index is 12.2. The van der Waals surface area contributed by atoms with Gasteiger partial charge >= 0.3 is 0 Å². The van der Waals surface area contributed by atoms with Crippen molar-refractivity contribution in [3.05, 3.63) is 0 Å². The van der Waals surface area contributed by atoms with Gasteiger partial charge in [0.2, 0.25) is 11.8 Å². The van der Waals surface area contributed by atoms with Crippen LogP contribution in [0.1, 0.15) is 26.7 Å². The van der Waals surface area contributed by atoms with Crippen LogP contribution < -0.4 is 10.6 Å². The first kappa shape index (κ1) is 11.4. The van der Waals surface area contributed by atoms with E-state index in [0.29, 0.717) is 18.9 Å². The Morgan fingerprint density at radius 1 is 1.44 bits per heavy atom. The first-order valence-corrected chi connectivity index (χ1v) is 5.93. The zero-order chi connectivity index (χ0) is 11.7. The van der Waals surface area contributed by atoms with Crippen LogP contribution in [-0.2, 0) is 9.59 Å². The molecule has 2 aliphatic rings. The van der Waals surface area contributed by atoms with Gasteiger partial charge in [-0.15, -0.1) is 0 Å². The molecule has 3 unspecified atom stereocenters. The van der Waals surface area contributed by atoms with Crippen LogP contribution in [0.2, 0.25) is 0 Å². The molecule has 2 aliphatic heterocycles. The Hall–Kier alpha value is -1.10. The van der Waals surface area contributed by atoms with E-state index in [0.717, 1.165) is 13.1 Å². The van der Waals surface area contributed by atoms with Gasteiger partial charge in [-0.3, -0.25) is 9.59 Å². The summed E-state index contributed by atoms with van der Waals surface area (Å²) in [7, 11) is 0. The van der Waals surface area contributed by atoms with E-state index in [-0.39, 0.29) is 23.9 Å². The molecule has 2 fully saturated rings. The number of nitrogens with zero attached hydrogens (tertiary/aromatic N) is 1. The van der Waals surface area contributed by atoms with Crippen LogP contribution in [0.15, 0.2) is 0 Å². The van der Waals surface area contributed by atoms with Crippen LogP contribution >= 0.6 is 0 Å². The van der Waals surface area contributed by atoms with Crippen molar-refractivity contribution in [2.75, 3.05) is 13.1 Å². The molecule has 16 heavy (non-hydrogen) atoms. The molecular weight excluding hydrogens is 206 g/mol. The van der Waals surface area contributed by atoms with Crippen molar-refractivity contribution in [2.45, 2.75) is 44.8 Å². The summed E-state index contributed by atoms with van der Waals surface area (Å²) in [6.45, 7) is 5.69. The van der Waals surface area contributed by atoms with Crippen LogP contribution in [-0.4, -0.2) is 47.9 Å². The fourth-order valence-corrected chi connectivity index (χ4v) is 2.37. The van der Waals surface area contributed by atoms with Crippen molar-refractivity contribution in [3.8, 4) is 0 Å². The summed E-state index contributed by atoms with van der Waals surface area (Å²) in [4.78, 5) is 25.2. The predicted octanol–water partition coefficient (Wildman–Crippen LogP) is -0.526. The number of hydrogen-bond acceptors (Lipinski definition) is 3. The van der Waals surface area contributed by atoms with Crippen LogP contribution in [0.5, 0.6) is 0 Å². The molecule has 2 amide bonds.